The molecule has 2 rings (SSSR count). The van der Waals surface area contributed by atoms with E-state index in [-0.39, 0.29) is 5.91 Å². The van der Waals surface area contributed by atoms with Gasteiger partial charge in [-0.2, -0.15) is 0 Å². The van der Waals surface area contributed by atoms with E-state index in [2.05, 4.69) is 0 Å². The molecule has 1 heterocycles. The molecule has 0 aliphatic heterocycles. The van der Waals surface area contributed by atoms with Crippen molar-refractivity contribution in [1.29, 1.82) is 0 Å². The Morgan fingerprint density at radius 1 is 1.53 bits per heavy atom. The second kappa shape index (κ2) is 4.89. The number of hydrogen-bond acceptors (Lipinski definition) is 4. The molecule has 0 aliphatic rings. The van der Waals surface area contributed by atoms with Crippen LogP contribution in [0, 0.1) is 0 Å². The molecule has 2 aromatic rings. The predicted octanol–water partition coefficient (Wildman–Crippen LogP) is 0.471. The van der Waals surface area contributed by atoms with Crippen molar-refractivity contribution in [3.05, 3.63) is 34.3 Å². The van der Waals surface area contributed by atoms with E-state index in [9.17, 15) is 14.7 Å². The first-order chi connectivity index (χ1) is 8.90. The van der Waals surface area contributed by atoms with Crippen LogP contribution in [0.4, 0.5) is 0 Å². The Morgan fingerprint density at radius 3 is 2.84 bits per heavy atom. The minimum atomic E-state index is -1.02. The smallest absolute Gasteiger partial charge is 0.408 e. The Balaban J connectivity index is 2.27. The van der Waals surface area contributed by atoms with E-state index in [1.165, 1.54) is 16.4 Å². The molecule has 1 N–H and O–H groups in total. The van der Waals surface area contributed by atoms with Crippen LogP contribution in [-0.2, 0) is 18.4 Å². The lowest BCUT2D eigenvalue weighted by atomic mass is 10.2. The Morgan fingerprint density at radius 2 is 2.21 bits per heavy atom. The molecule has 0 spiro atoms. The molecule has 0 bridgehead atoms. The average molecular weight is 264 g/mol. The van der Waals surface area contributed by atoms with Crippen molar-refractivity contribution >= 4 is 17.0 Å². The summed E-state index contributed by atoms with van der Waals surface area (Å²) in [6, 6.07) is 5.32. The zero-order valence-electron chi connectivity index (χ0n) is 11.1. The quantitative estimate of drug-likeness (QED) is 0.874. The van der Waals surface area contributed by atoms with Gasteiger partial charge >= 0.3 is 5.76 Å². The van der Waals surface area contributed by atoms with E-state index in [4.69, 9.17) is 4.42 Å². The van der Waals surface area contributed by atoms with Gasteiger partial charge in [-0.05, 0) is 24.6 Å². The summed E-state index contributed by atoms with van der Waals surface area (Å²) in [6.07, 6.45) is -1.02. The largest absolute Gasteiger partial charge is 0.419 e. The van der Waals surface area contributed by atoms with E-state index in [1.807, 2.05) is 6.07 Å². The molecule has 0 fully saturated rings. The van der Waals surface area contributed by atoms with Gasteiger partial charge in [0.1, 0.15) is 6.10 Å². The monoisotopic (exact) mass is 264 g/mol. The summed E-state index contributed by atoms with van der Waals surface area (Å²) >= 11 is 0. The lowest BCUT2D eigenvalue weighted by Gasteiger charge is -2.18. The zero-order chi connectivity index (χ0) is 14.2. The molecule has 1 atom stereocenters. The van der Waals surface area contributed by atoms with Gasteiger partial charge in [-0.15, -0.1) is 0 Å². The van der Waals surface area contributed by atoms with Crippen LogP contribution in [0.15, 0.2) is 27.4 Å². The van der Waals surface area contributed by atoms with Crippen molar-refractivity contribution in [2.75, 3.05) is 7.05 Å². The lowest BCUT2D eigenvalue weighted by Crippen LogP contribution is -2.34. The fourth-order valence-corrected chi connectivity index (χ4v) is 1.95. The fourth-order valence-electron chi connectivity index (χ4n) is 1.95. The van der Waals surface area contributed by atoms with Crippen molar-refractivity contribution in [3.63, 3.8) is 0 Å². The maximum atomic E-state index is 11.6. The number of aromatic nitrogens is 1. The molecular weight excluding hydrogens is 248 g/mol. The second-order valence-corrected chi connectivity index (χ2v) is 4.60. The highest BCUT2D eigenvalue weighted by atomic mass is 16.4. The maximum Gasteiger partial charge on any atom is 0.419 e. The number of oxazole rings is 1. The molecule has 1 aromatic heterocycles. The summed E-state index contributed by atoms with van der Waals surface area (Å²) in [4.78, 5) is 24.4. The number of carbonyl (C=O) groups excluding carboxylic acids is 1. The molecule has 1 aromatic carbocycles. The van der Waals surface area contributed by atoms with Gasteiger partial charge in [-0.25, -0.2) is 4.79 Å². The van der Waals surface area contributed by atoms with Crippen LogP contribution in [-0.4, -0.2) is 33.6 Å². The third-order valence-corrected chi connectivity index (χ3v) is 3.01. The Kier molecular flexibility index (Phi) is 3.44. The summed E-state index contributed by atoms with van der Waals surface area (Å²) in [7, 11) is 3.25. The summed E-state index contributed by atoms with van der Waals surface area (Å²) in [5.41, 5.74) is 2.03. The van der Waals surface area contributed by atoms with Gasteiger partial charge in [0, 0.05) is 20.6 Å². The molecule has 1 unspecified atom stereocenters. The molecule has 1 amide bonds. The van der Waals surface area contributed by atoms with Crippen LogP contribution in [0.3, 0.4) is 0 Å². The van der Waals surface area contributed by atoms with E-state index in [0.717, 1.165) is 5.56 Å². The second-order valence-electron chi connectivity index (χ2n) is 4.60. The van der Waals surface area contributed by atoms with Crippen molar-refractivity contribution in [2.24, 2.45) is 7.05 Å². The number of fused-ring (bicyclic) bond motifs is 1. The van der Waals surface area contributed by atoms with Crippen molar-refractivity contribution in [2.45, 2.75) is 19.6 Å². The first-order valence-corrected chi connectivity index (χ1v) is 5.91. The van der Waals surface area contributed by atoms with Gasteiger partial charge < -0.3 is 14.4 Å². The topological polar surface area (TPSA) is 75.7 Å². The van der Waals surface area contributed by atoms with Gasteiger partial charge in [0.25, 0.3) is 5.91 Å². The number of nitrogens with zero attached hydrogens (tertiary/aromatic N) is 2. The summed E-state index contributed by atoms with van der Waals surface area (Å²) in [5, 5.41) is 9.23. The Bertz CT molecular complexity index is 669. The number of likely N-dealkylation sites (N-methyl/N-ethyl adjacent to an activating group) is 1. The number of aliphatic hydroxyl groups is 1. The first kappa shape index (κ1) is 13.4. The molecule has 0 saturated heterocycles. The normalized spacial score (nSPS) is 12.6. The number of aryl methyl sites for hydroxylation is 1. The zero-order valence-corrected chi connectivity index (χ0v) is 11.1. The van der Waals surface area contributed by atoms with Crippen LogP contribution < -0.4 is 5.76 Å². The molecule has 6 heteroatoms. The van der Waals surface area contributed by atoms with Gasteiger partial charge in [0.05, 0.1) is 5.52 Å². The summed E-state index contributed by atoms with van der Waals surface area (Å²) < 4.78 is 6.50. The van der Waals surface area contributed by atoms with E-state index in [1.54, 1.807) is 26.2 Å². The number of carbonyl (C=O) groups is 1. The van der Waals surface area contributed by atoms with Gasteiger partial charge in [-0.3, -0.25) is 9.36 Å². The van der Waals surface area contributed by atoms with Crippen molar-refractivity contribution in [3.8, 4) is 0 Å². The highest BCUT2D eigenvalue weighted by Gasteiger charge is 2.15. The number of rotatable bonds is 3. The standard InChI is InChI=1S/C13H16N2O4/c1-8(16)12(17)14(2)7-9-4-5-10-11(6-9)19-13(18)15(10)3/h4-6,8,16H,7H2,1-3H3. The molecule has 102 valence electrons. The Labute approximate surface area is 109 Å². The summed E-state index contributed by atoms with van der Waals surface area (Å²) in [6.45, 7) is 1.77. The fraction of sp³-hybridized carbons (Fsp3) is 0.385. The Hall–Kier alpha value is -2.08. The van der Waals surface area contributed by atoms with Crippen LogP contribution in [0.5, 0.6) is 0 Å². The number of amides is 1. The summed E-state index contributed by atoms with van der Waals surface area (Å²) in [5.74, 6) is -0.768. The molecule has 0 radical (unpaired) electrons. The minimum absolute atomic E-state index is 0.346. The van der Waals surface area contributed by atoms with Gasteiger partial charge in [-0.1, -0.05) is 6.07 Å². The van der Waals surface area contributed by atoms with Crippen LogP contribution in [0.1, 0.15) is 12.5 Å². The highest BCUT2D eigenvalue weighted by Crippen LogP contribution is 2.15. The van der Waals surface area contributed by atoms with Crippen molar-refractivity contribution in [1.82, 2.24) is 9.47 Å². The first-order valence-electron chi connectivity index (χ1n) is 5.91. The number of benzene rings is 1. The number of aliphatic hydroxyl groups excluding tert-OH is 1. The van der Waals surface area contributed by atoms with E-state index < -0.39 is 11.9 Å². The highest BCUT2D eigenvalue weighted by molar-refractivity contribution is 5.80. The maximum absolute atomic E-state index is 11.6. The minimum Gasteiger partial charge on any atom is -0.408 e. The van der Waals surface area contributed by atoms with Gasteiger partial charge in [0.2, 0.25) is 0 Å². The van der Waals surface area contributed by atoms with E-state index in [0.29, 0.717) is 17.6 Å². The molecular formula is C13H16N2O4. The van der Waals surface area contributed by atoms with Gasteiger partial charge in [0.15, 0.2) is 5.58 Å². The lowest BCUT2D eigenvalue weighted by molar-refractivity contribution is -0.138. The van der Waals surface area contributed by atoms with Crippen LogP contribution in [0.2, 0.25) is 0 Å². The van der Waals surface area contributed by atoms with Crippen LogP contribution in [0.25, 0.3) is 11.1 Å². The molecule has 6 nitrogen and oxygen atoms in total. The average Bonchev–Trinajstić information content (AvgIpc) is 2.63. The predicted molar refractivity (Wildman–Crippen MR) is 69.6 cm³/mol. The molecule has 0 aliphatic carbocycles. The third kappa shape index (κ3) is 2.53. The van der Waals surface area contributed by atoms with E-state index >= 15 is 0 Å². The van der Waals surface area contributed by atoms with Crippen LogP contribution >= 0.6 is 0 Å². The van der Waals surface area contributed by atoms with Crippen molar-refractivity contribution < 1.29 is 14.3 Å². The SMILES string of the molecule is CC(O)C(=O)N(C)Cc1ccc2c(c1)oc(=O)n2C. The number of hydrogen-bond donors (Lipinski definition) is 1. The third-order valence-electron chi connectivity index (χ3n) is 3.01. The molecule has 0 saturated carbocycles. The molecule has 19 heavy (non-hydrogen) atoms.